The predicted octanol–water partition coefficient (Wildman–Crippen LogP) is 6.18. The minimum atomic E-state index is -0.611. The number of benzene rings is 2. The molecule has 1 aromatic heterocycles. The third kappa shape index (κ3) is 3.60. The Hall–Kier alpha value is -3.06. The number of aromatic nitrogens is 1. The molecule has 164 valence electrons. The monoisotopic (exact) mass is 495 g/mol. The number of halogens is 1. The Morgan fingerprint density at radius 1 is 1.16 bits per heavy atom. The number of carbonyl (C=O) groups is 2. The summed E-state index contributed by atoms with van der Waals surface area (Å²) in [5.74, 6) is 0.476. The van der Waals surface area contributed by atoms with Crippen molar-refractivity contribution >= 4 is 38.7 Å². The van der Waals surface area contributed by atoms with E-state index in [1.165, 1.54) is 10.8 Å². The Morgan fingerprint density at radius 2 is 1.94 bits per heavy atom. The normalized spacial score (nSPS) is 20.0. The smallest absolute Gasteiger partial charge is 0.419 e. The lowest BCUT2D eigenvalue weighted by atomic mass is 9.89. The summed E-state index contributed by atoms with van der Waals surface area (Å²) in [5.41, 5.74) is 2.00. The molecule has 3 aromatic rings. The number of hydrogen-bond acceptors (Lipinski definition) is 5. The van der Waals surface area contributed by atoms with Gasteiger partial charge in [0.05, 0.1) is 22.9 Å². The van der Waals surface area contributed by atoms with Crippen LogP contribution in [-0.4, -0.2) is 28.1 Å². The lowest BCUT2D eigenvalue weighted by Crippen LogP contribution is -2.34. The fourth-order valence-electron chi connectivity index (χ4n) is 4.14. The minimum Gasteiger partial charge on any atom is -0.493 e. The van der Waals surface area contributed by atoms with Crippen molar-refractivity contribution in [3.05, 3.63) is 76.1 Å². The fraction of sp³-hybridized carbons (Fsp3) is 0.280. The largest absolute Gasteiger partial charge is 0.493 e. The van der Waals surface area contributed by atoms with E-state index < -0.39 is 17.8 Å². The molecule has 0 aliphatic carbocycles. The summed E-state index contributed by atoms with van der Waals surface area (Å²) in [4.78, 5) is 25.8. The van der Waals surface area contributed by atoms with Crippen LogP contribution in [0.25, 0.3) is 10.9 Å². The average molecular weight is 496 g/mol. The van der Waals surface area contributed by atoms with Crippen LogP contribution < -0.4 is 4.74 Å². The zero-order valence-corrected chi connectivity index (χ0v) is 19.5. The summed E-state index contributed by atoms with van der Waals surface area (Å²) in [6, 6.07) is 13.0. The first-order valence-corrected chi connectivity index (χ1v) is 11.2. The van der Waals surface area contributed by atoms with Crippen LogP contribution in [0, 0.1) is 0 Å². The maximum atomic E-state index is 13.0. The molecular weight excluding hydrogens is 474 g/mol. The van der Waals surface area contributed by atoms with Crippen LogP contribution in [0.2, 0.25) is 0 Å². The van der Waals surface area contributed by atoms with Gasteiger partial charge in [0, 0.05) is 28.0 Å². The summed E-state index contributed by atoms with van der Waals surface area (Å²) in [7, 11) is 0. The van der Waals surface area contributed by atoms with E-state index in [-0.39, 0.29) is 11.9 Å². The predicted molar refractivity (Wildman–Crippen MR) is 123 cm³/mol. The Labute approximate surface area is 193 Å². The maximum absolute atomic E-state index is 13.0. The van der Waals surface area contributed by atoms with E-state index in [0.29, 0.717) is 23.3 Å². The SMILES string of the molecule is CC(C)(C)OC(=O)n1cc([C@H]2C[C@H]3Oc4ccc(Br)cc4C(=O)C3=CO2)c2ccccc21. The maximum Gasteiger partial charge on any atom is 0.419 e. The lowest BCUT2D eigenvalue weighted by molar-refractivity contribution is 0.0531. The molecule has 0 saturated carbocycles. The molecule has 3 heterocycles. The summed E-state index contributed by atoms with van der Waals surface area (Å²) in [5, 5.41) is 0.895. The van der Waals surface area contributed by atoms with Crippen LogP contribution >= 0.6 is 15.9 Å². The highest BCUT2D eigenvalue weighted by Crippen LogP contribution is 2.41. The topological polar surface area (TPSA) is 66.8 Å². The summed E-state index contributed by atoms with van der Waals surface area (Å²) < 4.78 is 20.1. The molecule has 6 nitrogen and oxygen atoms in total. The third-order valence-electron chi connectivity index (χ3n) is 5.53. The highest BCUT2D eigenvalue weighted by Gasteiger charge is 2.38. The number of rotatable bonds is 1. The average Bonchev–Trinajstić information content (AvgIpc) is 3.13. The number of Topliss-reactive ketones (excluding diaryl/α,β-unsaturated/α-hetero) is 1. The molecule has 0 fully saturated rings. The van der Waals surface area contributed by atoms with E-state index >= 15 is 0 Å². The number of hydrogen-bond donors (Lipinski definition) is 0. The van der Waals surface area contributed by atoms with Gasteiger partial charge < -0.3 is 14.2 Å². The fourth-order valence-corrected chi connectivity index (χ4v) is 4.50. The van der Waals surface area contributed by atoms with Crippen LogP contribution in [0.3, 0.4) is 0 Å². The van der Waals surface area contributed by atoms with Crippen molar-refractivity contribution in [2.75, 3.05) is 0 Å². The Morgan fingerprint density at radius 3 is 2.72 bits per heavy atom. The van der Waals surface area contributed by atoms with E-state index in [0.717, 1.165) is 20.9 Å². The van der Waals surface area contributed by atoms with E-state index in [2.05, 4.69) is 15.9 Å². The van der Waals surface area contributed by atoms with E-state index in [1.807, 2.05) is 51.1 Å². The number of fused-ring (bicyclic) bond motifs is 3. The number of nitrogens with zero attached hydrogens (tertiary/aromatic N) is 1. The molecule has 2 aliphatic rings. The van der Waals surface area contributed by atoms with Gasteiger partial charge in [-0.3, -0.25) is 9.36 Å². The van der Waals surface area contributed by atoms with Crippen LogP contribution in [0.1, 0.15) is 49.2 Å². The van der Waals surface area contributed by atoms with Gasteiger partial charge >= 0.3 is 6.09 Å². The third-order valence-corrected chi connectivity index (χ3v) is 6.03. The molecule has 7 heteroatoms. The molecule has 0 spiro atoms. The van der Waals surface area contributed by atoms with Crippen molar-refractivity contribution in [1.29, 1.82) is 0 Å². The lowest BCUT2D eigenvalue weighted by Gasteiger charge is -2.33. The quantitative estimate of drug-likeness (QED) is 0.403. The van der Waals surface area contributed by atoms with E-state index in [4.69, 9.17) is 14.2 Å². The van der Waals surface area contributed by atoms with Crippen LogP contribution in [0.5, 0.6) is 5.75 Å². The summed E-state index contributed by atoms with van der Waals surface area (Å²) >= 11 is 3.40. The van der Waals surface area contributed by atoms with Crippen LogP contribution in [0.4, 0.5) is 4.79 Å². The second-order valence-electron chi connectivity index (χ2n) is 8.96. The van der Waals surface area contributed by atoms with Crippen LogP contribution in [-0.2, 0) is 9.47 Å². The van der Waals surface area contributed by atoms with Crippen LogP contribution in [0.15, 0.2) is 65.0 Å². The molecule has 2 aromatic carbocycles. The Balaban J connectivity index is 1.50. The molecular formula is C25H22BrNO5. The summed E-state index contributed by atoms with van der Waals surface area (Å²) in [6.45, 7) is 5.51. The first kappa shape index (κ1) is 20.8. The highest BCUT2D eigenvalue weighted by atomic mass is 79.9. The first-order valence-electron chi connectivity index (χ1n) is 10.4. The number of ether oxygens (including phenoxy) is 3. The van der Waals surface area contributed by atoms with Crippen molar-refractivity contribution in [3.63, 3.8) is 0 Å². The minimum absolute atomic E-state index is 0.0906. The van der Waals surface area contributed by atoms with E-state index in [1.54, 1.807) is 18.3 Å². The molecule has 0 N–H and O–H groups in total. The standard InChI is InChI=1S/C25H22BrNO5/c1-25(2,3)32-24(29)27-12-17(15-6-4-5-7-19(15)27)21-11-22-18(13-30-21)23(28)16-10-14(26)8-9-20(16)31-22/h4-10,12-13,21-22H,11H2,1-3H3/t21-,22-/m1/s1. The van der Waals surface area contributed by atoms with Crippen molar-refractivity contribution in [2.45, 2.75) is 45.0 Å². The van der Waals surface area contributed by atoms with Crippen molar-refractivity contribution in [1.82, 2.24) is 4.57 Å². The van der Waals surface area contributed by atoms with Crippen molar-refractivity contribution in [3.8, 4) is 5.75 Å². The first-order chi connectivity index (χ1) is 15.2. The van der Waals surface area contributed by atoms with Gasteiger partial charge in [-0.1, -0.05) is 34.1 Å². The number of para-hydroxylation sites is 1. The molecule has 5 rings (SSSR count). The van der Waals surface area contributed by atoms with Gasteiger partial charge in [-0.05, 0) is 45.0 Å². The molecule has 32 heavy (non-hydrogen) atoms. The van der Waals surface area contributed by atoms with Gasteiger partial charge in [-0.2, -0.15) is 0 Å². The molecule has 0 bridgehead atoms. The zero-order chi connectivity index (χ0) is 22.6. The van der Waals surface area contributed by atoms with E-state index in [9.17, 15) is 9.59 Å². The van der Waals surface area contributed by atoms with Gasteiger partial charge in [0.15, 0.2) is 5.78 Å². The van der Waals surface area contributed by atoms with Gasteiger partial charge in [0.1, 0.15) is 23.6 Å². The number of carbonyl (C=O) groups excluding carboxylic acids is 2. The Kier molecular flexibility index (Phi) is 4.89. The number of ketones is 1. The Bertz CT molecular complexity index is 1280. The second kappa shape index (κ2) is 7.52. The summed E-state index contributed by atoms with van der Waals surface area (Å²) in [6.07, 6.45) is 2.48. The molecule has 2 aliphatic heterocycles. The molecule has 2 atom stereocenters. The molecule has 0 radical (unpaired) electrons. The zero-order valence-electron chi connectivity index (χ0n) is 17.9. The highest BCUT2D eigenvalue weighted by molar-refractivity contribution is 9.10. The molecule has 0 unspecified atom stereocenters. The van der Waals surface area contributed by atoms with Gasteiger partial charge in [-0.25, -0.2) is 4.79 Å². The van der Waals surface area contributed by atoms with Gasteiger partial charge in [0.2, 0.25) is 0 Å². The molecule has 0 amide bonds. The van der Waals surface area contributed by atoms with Gasteiger partial charge in [-0.15, -0.1) is 0 Å². The van der Waals surface area contributed by atoms with Gasteiger partial charge in [0.25, 0.3) is 0 Å². The molecule has 0 saturated heterocycles. The second-order valence-corrected chi connectivity index (χ2v) is 9.88. The van der Waals surface area contributed by atoms with Crippen molar-refractivity contribution < 1.29 is 23.8 Å². The van der Waals surface area contributed by atoms with Crippen molar-refractivity contribution in [2.24, 2.45) is 0 Å².